The van der Waals surface area contributed by atoms with Gasteiger partial charge in [-0.3, -0.25) is 5.32 Å². The van der Waals surface area contributed by atoms with Crippen molar-refractivity contribution in [3.05, 3.63) is 34.6 Å². The normalized spacial score (nSPS) is 14.1. The summed E-state index contributed by atoms with van der Waals surface area (Å²) in [5, 5.41) is 3.41. The zero-order valence-corrected chi connectivity index (χ0v) is 11.4. The van der Waals surface area contributed by atoms with Crippen LogP contribution in [0.3, 0.4) is 0 Å². The second-order valence-corrected chi connectivity index (χ2v) is 4.53. The fourth-order valence-electron chi connectivity index (χ4n) is 1.54. The van der Waals surface area contributed by atoms with Gasteiger partial charge < -0.3 is 4.74 Å². The minimum atomic E-state index is -0.844. The van der Waals surface area contributed by atoms with Crippen LogP contribution in [0.2, 0.25) is 5.02 Å². The van der Waals surface area contributed by atoms with Crippen molar-refractivity contribution in [2.45, 2.75) is 32.4 Å². The number of nitrogens with one attached hydrogen (secondary N) is 1. The van der Waals surface area contributed by atoms with Crippen LogP contribution in [-0.2, 0) is 9.53 Å². The standard InChI is InChI=1S/C13H17ClFNO2/c1-4-8(2)16-12(13(17)18-3)10-7-9(14)5-6-11(10)15/h5-8,12,16H,4H2,1-3H3. The molecule has 0 heterocycles. The molecule has 1 rings (SSSR count). The summed E-state index contributed by atoms with van der Waals surface area (Å²) in [6.45, 7) is 3.89. The number of hydrogen-bond donors (Lipinski definition) is 1. The van der Waals surface area contributed by atoms with Crippen molar-refractivity contribution in [2.75, 3.05) is 7.11 Å². The van der Waals surface area contributed by atoms with E-state index in [0.29, 0.717) is 5.02 Å². The smallest absolute Gasteiger partial charge is 0.327 e. The van der Waals surface area contributed by atoms with Gasteiger partial charge >= 0.3 is 5.97 Å². The fourth-order valence-corrected chi connectivity index (χ4v) is 1.72. The summed E-state index contributed by atoms with van der Waals surface area (Å²) in [6.07, 6.45) is 0.815. The molecule has 0 aromatic heterocycles. The van der Waals surface area contributed by atoms with E-state index in [1.165, 1.54) is 25.3 Å². The molecule has 2 atom stereocenters. The molecule has 0 fully saturated rings. The summed E-state index contributed by atoms with van der Waals surface area (Å²) >= 11 is 5.83. The second-order valence-electron chi connectivity index (χ2n) is 4.10. The Hall–Kier alpha value is -1.13. The van der Waals surface area contributed by atoms with Crippen LogP contribution < -0.4 is 5.32 Å². The number of hydrogen-bond acceptors (Lipinski definition) is 3. The maximum atomic E-state index is 13.8. The number of carbonyl (C=O) groups is 1. The molecule has 1 N–H and O–H groups in total. The molecule has 0 aliphatic heterocycles. The molecule has 0 bridgehead atoms. The summed E-state index contributed by atoms with van der Waals surface area (Å²) in [6, 6.07) is 3.34. The van der Waals surface area contributed by atoms with E-state index in [2.05, 4.69) is 5.32 Å². The Labute approximate surface area is 111 Å². The minimum absolute atomic E-state index is 0.0625. The summed E-state index contributed by atoms with van der Waals surface area (Å²) in [5.74, 6) is -1.01. The lowest BCUT2D eigenvalue weighted by molar-refractivity contribution is -0.143. The van der Waals surface area contributed by atoms with Crippen molar-refractivity contribution >= 4 is 17.6 Å². The summed E-state index contributed by atoms with van der Waals surface area (Å²) in [5.41, 5.74) is 0.203. The lowest BCUT2D eigenvalue weighted by atomic mass is 10.0. The van der Waals surface area contributed by atoms with Crippen LogP contribution >= 0.6 is 11.6 Å². The predicted octanol–water partition coefficient (Wildman–Crippen LogP) is 3.08. The van der Waals surface area contributed by atoms with Gasteiger partial charge in [0.2, 0.25) is 0 Å². The van der Waals surface area contributed by atoms with Crippen LogP contribution in [0.4, 0.5) is 4.39 Å². The molecule has 18 heavy (non-hydrogen) atoms. The number of benzene rings is 1. The predicted molar refractivity (Wildman–Crippen MR) is 69.1 cm³/mol. The molecule has 2 unspecified atom stereocenters. The van der Waals surface area contributed by atoms with E-state index >= 15 is 0 Å². The Morgan fingerprint density at radius 1 is 1.56 bits per heavy atom. The van der Waals surface area contributed by atoms with Crippen molar-refractivity contribution in [1.29, 1.82) is 0 Å². The molecule has 1 aromatic carbocycles. The van der Waals surface area contributed by atoms with Crippen molar-refractivity contribution < 1.29 is 13.9 Å². The van der Waals surface area contributed by atoms with E-state index in [1.54, 1.807) is 0 Å². The van der Waals surface area contributed by atoms with Gasteiger partial charge in [0.1, 0.15) is 11.9 Å². The van der Waals surface area contributed by atoms with Gasteiger partial charge in [-0.15, -0.1) is 0 Å². The van der Waals surface area contributed by atoms with Gasteiger partial charge in [-0.05, 0) is 31.5 Å². The van der Waals surface area contributed by atoms with Crippen molar-refractivity contribution in [2.24, 2.45) is 0 Å². The quantitative estimate of drug-likeness (QED) is 0.838. The van der Waals surface area contributed by atoms with Gasteiger partial charge in [-0.25, -0.2) is 9.18 Å². The number of rotatable bonds is 5. The topological polar surface area (TPSA) is 38.3 Å². The lowest BCUT2D eigenvalue weighted by Crippen LogP contribution is -2.36. The Morgan fingerprint density at radius 3 is 2.78 bits per heavy atom. The van der Waals surface area contributed by atoms with E-state index in [0.717, 1.165) is 6.42 Å². The zero-order valence-electron chi connectivity index (χ0n) is 10.7. The molecular weight excluding hydrogens is 257 g/mol. The third-order valence-corrected chi connectivity index (χ3v) is 3.00. The van der Waals surface area contributed by atoms with Crippen molar-refractivity contribution in [3.8, 4) is 0 Å². The third kappa shape index (κ3) is 3.68. The molecule has 1 aromatic rings. The van der Waals surface area contributed by atoms with Crippen molar-refractivity contribution in [1.82, 2.24) is 5.32 Å². The summed E-state index contributed by atoms with van der Waals surface area (Å²) in [7, 11) is 1.27. The highest BCUT2D eigenvalue weighted by Gasteiger charge is 2.25. The lowest BCUT2D eigenvalue weighted by Gasteiger charge is -2.21. The van der Waals surface area contributed by atoms with Gasteiger partial charge in [0.05, 0.1) is 7.11 Å². The van der Waals surface area contributed by atoms with Crippen LogP contribution in [0.15, 0.2) is 18.2 Å². The van der Waals surface area contributed by atoms with Gasteiger partial charge in [0, 0.05) is 16.6 Å². The average Bonchev–Trinajstić information content (AvgIpc) is 2.37. The van der Waals surface area contributed by atoms with Crippen LogP contribution in [-0.4, -0.2) is 19.1 Å². The summed E-state index contributed by atoms with van der Waals surface area (Å²) in [4.78, 5) is 11.7. The largest absolute Gasteiger partial charge is 0.468 e. The molecule has 5 heteroatoms. The van der Waals surface area contributed by atoms with Crippen LogP contribution in [0, 0.1) is 5.82 Å². The van der Waals surface area contributed by atoms with Crippen LogP contribution in [0.5, 0.6) is 0 Å². The minimum Gasteiger partial charge on any atom is -0.468 e. The zero-order chi connectivity index (χ0) is 13.7. The van der Waals surface area contributed by atoms with Crippen LogP contribution in [0.25, 0.3) is 0 Å². The van der Waals surface area contributed by atoms with Gasteiger partial charge in [0.25, 0.3) is 0 Å². The Bertz CT molecular complexity index is 425. The second kappa shape index (κ2) is 6.71. The number of esters is 1. The highest BCUT2D eigenvalue weighted by Crippen LogP contribution is 2.23. The SMILES string of the molecule is CCC(C)NC(C(=O)OC)c1cc(Cl)ccc1F. The maximum absolute atomic E-state index is 13.8. The third-order valence-electron chi connectivity index (χ3n) is 2.77. The number of carbonyl (C=O) groups excluding carboxylic acids is 1. The first-order valence-corrected chi connectivity index (χ1v) is 6.16. The fraction of sp³-hybridized carbons (Fsp3) is 0.462. The molecule has 100 valence electrons. The average molecular weight is 274 g/mol. The monoisotopic (exact) mass is 273 g/mol. The van der Waals surface area contributed by atoms with E-state index in [4.69, 9.17) is 16.3 Å². The van der Waals surface area contributed by atoms with Crippen LogP contribution in [0.1, 0.15) is 31.9 Å². The molecule has 0 amide bonds. The Kier molecular flexibility index (Phi) is 5.56. The van der Waals surface area contributed by atoms with Gasteiger partial charge in [-0.2, -0.15) is 0 Å². The molecule has 0 saturated carbocycles. The first-order chi connectivity index (χ1) is 8.49. The Balaban J connectivity index is 3.08. The molecule has 0 spiro atoms. The van der Waals surface area contributed by atoms with E-state index in [9.17, 15) is 9.18 Å². The highest BCUT2D eigenvalue weighted by molar-refractivity contribution is 6.30. The number of methoxy groups -OCH3 is 1. The van der Waals surface area contributed by atoms with E-state index < -0.39 is 17.8 Å². The Morgan fingerprint density at radius 2 is 2.22 bits per heavy atom. The summed E-state index contributed by atoms with van der Waals surface area (Å²) < 4.78 is 18.5. The molecule has 3 nitrogen and oxygen atoms in total. The molecule has 0 radical (unpaired) electrons. The van der Waals surface area contributed by atoms with E-state index in [-0.39, 0.29) is 11.6 Å². The molecule has 0 saturated heterocycles. The van der Waals surface area contributed by atoms with Gasteiger partial charge in [-0.1, -0.05) is 18.5 Å². The maximum Gasteiger partial charge on any atom is 0.327 e. The first-order valence-electron chi connectivity index (χ1n) is 5.78. The number of ether oxygens (including phenoxy) is 1. The van der Waals surface area contributed by atoms with Gasteiger partial charge in [0.15, 0.2) is 0 Å². The van der Waals surface area contributed by atoms with E-state index in [1.807, 2.05) is 13.8 Å². The van der Waals surface area contributed by atoms with Crippen molar-refractivity contribution in [3.63, 3.8) is 0 Å². The molecule has 0 aliphatic rings. The number of halogens is 2. The highest BCUT2D eigenvalue weighted by atomic mass is 35.5. The first kappa shape index (κ1) is 14.9. The molecular formula is C13H17ClFNO2. The molecule has 0 aliphatic carbocycles.